The molecule has 0 aliphatic carbocycles. The standard InChI is InChI=1S/C19H16ClF2NO3/c1-11-3-4-13(9-15(11)20)5-8-18(24)26-12(2)19(25)23-17-10-14(21)6-7-16(17)22/h3-10,12H,1-2H3,(H,23,25)/b8-5+/t12-/m1/s1. The Morgan fingerprint density at radius 2 is 1.92 bits per heavy atom. The van der Waals surface area contributed by atoms with Gasteiger partial charge in [-0.05, 0) is 49.2 Å². The van der Waals surface area contributed by atoms with Gasteiger partial charge in [0.1, 0.15) is 11.6 Å². The van der Waals surface area contributed by atoms with Crippen molar-refractivity contribution < 1.29 is 23.1 Å². The van der Waals surface area contributed by atoms with E-state index in [4.69, 9.17) is 16.3 Å². The lowest BCUT2D eigenvalue weighted by atomic mass is 10.1. The third-order valence-electron chi connectivity index (χ3n) is 3.46. The Morgan fingerprint density at radius 3 is 2.62 bits per heavy atom. The van der Waals surface area contributed by atoms with Crippen LogP contribution in [0, 0.1) is 18.6 Å². The Morgan fingerprint density at radius 1 is 1.19 bits per heavy atom. The molecule has 0 spiro atoms. The molecule has 4 nitrogen and oxygen atoms in total. The molecule has 0 aromatic heterocycles. The van der Waals surface area contributed by atoms with Crippen LogP contribution in [-0.4, -0.2) is 18.0 Å². The Kier molecular flexibility index (Phi) is 6.46. The maximum absolute atomic E-state index is 13.5. The van der Waals surface area contributed by atoms with Gasteiger partial charge in [-0.15, -0.1) is 0 Å². The van der Waals surface area contributed by atoms with Gasteiger partial charge in [0.15, 0.2) is 6.10 Å². The van der Waals surface area contributed by atoms with Crippen LogP contribution in [0.15, 0.2) is 42.5 Å². The molecule has 2 aromatic carbocycles. The number of amides is 1. The third kappa shape index (κ3) is 5.39. The molecule has 0 aliphatic rings. The quantitative estimate of drug-likeness (QED) is 0.614. The van der Waals surface area contributed by atoms with Gasteiger partial charge in [-0.1, -0.05) is 23.7 Å². The fourth-order valence-corrected chi connectivity index (χ4v) is 2.16. The van der Waals surface area contributed by atoms with Crippen molar-refractivity contribution in [3.63, 3.8) is 0 Å². The fourth-order valence-electron chi connectivity index (χ4n) is 1.97. The molecule has 136 valence electrons. The van der Waals surface area contributed by atoms with Crippen LogP contribution in [0.5, 0.6) is 0 Å². The number of carbonyl (C=O) groups is 2. The van der Waals surface area contributed by atoms with Crippen LogP contribution < -0.4 is 5.32 Å². The number of benzene rings is 2. The Hall–Kier alpha value is -2.73. The van der Waals surface area contributed by atoms with Crippen molar-refractivity contribution in [3.05, 3.63) is 70.3 Å². The number of hydrogen-bond donors (Lipinski definition) is 1. The van der Waals surface area contributed by atoms with E-state index in [1.807, 2.05) is 6.92 Å². The number of hydrogen-bond acceptors (Lipinski definition) is 3. The summed E-state index contributed by atoms with van der Waals surface area (Å²) in [6.07, 6.45) is 1.44. The largest absolute Gasteiger partial charge is 0.449 e. The van der Waals surface area contributed by atoms with E-state index in [9.17, 15) is 18.4 Å². The molecule has 26 heavy (non-hydrogen) atoms. The average Bonchev–Trinajstić information content (AvgIpc) is 2.59. The number of rotatable bonds is 5. The van der Waals surface area contributed by atoms with Crippen LogP contribution in [0.25, 0.3) is 6.08 Å². The van der Waals surface area contributed by atoms with Crippen LogP contribution in [-0.2, 0) is 14.3 Å². The van der Waals surface area contributed by atoms with Crippen molar-refractivity contribution in [2.75, 3.05) is 5.32 Å². The lowest BCUT2D eigenvalue weighted by molar-refractivity contribution is -0.148. The predicted octanol–water partition coefficient (Wildman–Crippen LogP) is 4.51. The van der Waals surface area contributed by atoms with Crippen molar-refractivity contribution in [2.24, 2.45) is 0 Å². The van der Waals surface area contributed by atoms with E-state index >= 15 is 0 Å². The number of esters is 1. The molecule has 0 fully saturated rings. The number of carbonyl (C=O) groups excluding carboxylic acids is 2. The molecule has 0 unspecified atom stereocenters. The first kappa shape index (κ1) is 19.6. The molecule has 0 aliphatic heterocycles. The van der Waals surface area contributed by atoms with Gasteiger partial charge in [-0.25, -0.2) is 13.6 Å². The average molecular weight is 380 g/mol. The molecule has 0 bridgehead atoms. The number of anilines is 1. The third-order valence-corrected chi connectivity index (χ3v) is 3.86. The molecular formula is C19H16ClF2NO3. The van der Waals surface area contributed by atoms with Crippen molar-refractivity contribution in [2.45, 2.75) is 20.0 Å². The maximum atomic E-state index is 13.5. The fraction of sp³-hybridized carbons (Fsp3) is 0.158. The maximum Gasteiger partial charge on any atom is 0.331 e. The van der Waals surface area contributed by atoms with E-state index in [1.54, 1.807) is 18.2 Å². The summed E-state index contributed by atoms with van der Waals surface area (Å²) >= 11 is 6.00. The number of halogens is 3. The minimum atomic E-state index is -1.20. The van der Waals surface area contributed by atoms with Crippen molar-refractivity contribution in [1.82, 2.24) is 0 Å². The Labute approximate surface area is 154 Å². The highest BCUT2D eigenvalue weighted by atomic mass is 35.5. The first-order valence-corrected chi connectivity index (χ1v) is 8.05. The lowest BCUT2D eigenvalue weighted by Crippen LogP contribution is -2.29. The first-order chi connectivity index (χ1) is 12.3. The summed E-state index contributed by atoms with van der Waals surface area (Å²) in [6.45, 7) is 3.17. The van der Waals surface area contributed by atoms with E-state index in [-0.39, 0.29) is 5.69 Å². The molecule has 1 atom stereocenters. The molecule has 0 saturated carbocycles. The van der Waals surface area contributed by atoms with Gasteiger partial charge in [0.25, 0.3) is 5.91 Å². The summed E-state index contributed by atoms with van der Waals surface area (Å²) in [5.74, 6) is -3.04. The summed E-state index contributed by atoms with van der Waals surface area (Å²) in [7, 11) is 0. The molecule has 2 rings (SSSR count). The molecule has 0 heterocycles. The smallest absolute Gasteiger partial charge is 0.331 e. The molecule has 1 amide bonds. The SMILES string of the molecule is Cc1ccc(/C=C/C(=O)O[C@H](C)C(=O)Nc2cc(F)ccc2F)cc1Cl. The van der Waals surface area contributed by atoms with E-state index < -0.39 is 29.6 Å². The van der Waals surface area contributed by atoms with E-state index in [2.05, 4.69) is 5.32 Å². The highest BCUT2D eigenvalue weighted by Gasteiger charge is 2.18. The lowest BCUT2D eigenvalue weighted by Gasteiger charge is -2.13. The monoisotopic (exact) mass is 379 g/mol. The summed E-state index contributed by atoms with van der Waals surface area (Å²) in [6, 6.07) is 7.91. The van der Waals surface area contributed by atoms with Gasteiger partial charge in [0.05, 0.1) is 5.69 Å². The van der Waals surface area contributed by atoms with Gasteiger partial charge >= 0.3 is 5.97 Å². The predicted molar refractivity (Wildman–Crippen MR) is 95.8 cm³/mol. The van der Waals surface area contributed by atoms with Crippen molar-refractivity contribution in [1.29, 1.82) is 0 Å². The van der Waals surface area contributed by atoms with E-state index in [1.165, 1.54) is 13.0 Å². The minimum Gasteiger partial charge on any atom is -0.449 e. The normalized spacial score (nSPS) is 12.0. The summed E-state index contributed by atoms with van der Waals surface area (Å²) < 4.78 is 31.6. The molecule has 1 N–H and O–H groups in total. The molecular weight excluding hydrogens is 364 g/mol. The minimum absolute atomic E-state index is 0.331. The summed E-state index contributed by atoms with van der Waals surface area (Å²) in [5, 5.41) is 2.73. The van der Waals surface area contributed by atoms with Crippen LogP contribution in [0.2, 0.25) is 5.02 Å². The number of ether oxygens (including phenoxy) is 1. The zero-order valence-corrected chi connectivity index (χ0v) is 14.8. The number of aryl methyl sites for hydroxylation is 1. The van der Waals surface area contributed by atoms with Crippen LogP contribution in [0.4, 0.5) is 14.5 Å². The highest BCUT2D eigenvalue weighted by Crippen LogP contribution is 2.18. The van der Waals surface area contributed by atoms with Crippen LogP contribution in [0.1, 0.15) is 18.1 Å². The second-order valence-corrected chi connectivity index (χ2v) is 5.94. The van der Waals surface area contributed by atoms with Crippen LogP contribution >= 0.6 is 11.6 Å². The van der Waals surface area contributed by atoms with Crippen molar-refractivity contribution in [3.8, 4) is 0 Å². The molecule has 0 radical (unpaired) electrons. The zero-order chi connectivity index (χ0) is 19.3. The topological polar surface area (TPSA) is 55.4 Å². The van der Waals surface area contributed by atoms with Crippen molar-refractivity contribution >= 4 is 35.2 Å². The second-order valence-electron chi connectivity index (χ2n) is 5.53. The van der Waals surface area contributed by atoms with Gasteiger partial charge < -0.3 is 10.1 Å². The molecule has 0 saturated heterocycles. The van der Waals surface area contributed by atoms with Gasteiger partial charge in [-0.3, -0.25) is 4.79 Å². The zero-order valence-electron chi connectivity index (χ0n) is 14.1. The summed E-state index contributed by atoms with van der Waals surface area (Å²) in [4.78, 5) is 23.7. The Balaban J connectivity index is 1.95. The molecule has 7 heteroatoms. The van der Waals surface area contributed by atoms with Gasteiger partial charge in [0, 0.05) is 17.2 Å². The van der Waals surface area contributed by atoms with E-state index in [0.717, 1.165) is 29.8 Å². The first-order valence-electron chi connectivity index (χ1n) is 7.67. The van der Waals surface area contributed by atoms with Gasteiger partial charge in [0.2, 0.25) is 0 Å². The van der Waals surface area contributed by atoms with Crippen LogP contribution in [0.3, 0.4) is 0 Å². The number of nitrogens with one attached hydrogen (secondary N) is 1. The Bertz CT molecular complexity index is 868. The molecule has 2 aromatic rings. The highest BCUT2D eigenvalue weighted by molar-refractivity contribution is 6.31. The van der Waals surface area contributed by atoms with E-state index in [0.29, 0.717) is 10.6 Å². The second kappa shape index (κ2) is 8.58. The van der Waals surface area contributed by atoms with Gasteiger partial charge in [-0.2, -0.15) is 0 Å². The summed E-state index contributed by atoms with van der Waals surface area (Å²) in [5.41, 5.74) is 1.26.